The molecule has 1 aliphatic carbocycles. The summed E-state index contributed by atoms with van der Waals surface area (Å²) in [6.45, 7) is -0.0456. The summed E-state index contributed by atoms with van der Waals surface area (Å²) in [6, 6.07) is 7.27. The average Bonchev–Trinajstić information content (AvgIpc) is 3.17. The summed E-state index contributed by atoms with van der Waals surface area (Å²) in [5, 5.41) is 0. The van der Waals surface area contributed by atoms with Crippen molar-refractivity contribution in [1.82, 2.24) is 9.80 Å². The van der Waals surface area contributed by atoms with Crippen LogP contribution in [0.5, 0.6) is 5.75 Å². The number of ether oxygens (including phenoxy) is 1. The summed E-state index contributed by atoms with van der Waals surface area (Å²) in [5.41, 5.74) is 0.955. The first kappa shape index (κ1) is 18.7. The predicted molar refractivity (Wildman–Crippen MR) is 98.6 cm³/mol. The molecule has 148 valence electrons. The molecule has 1 aromatic carbocycles. The van der Waals surface area contributed by atoms with Crippen LogP contribution in [0.4, 0.5) is 8.78 Å². The van der Waals surface area contributed by atoms with Gasteiger partial charge < -0.3 is 9.64 Å². The number of fused-ring (bicyclic) bond motifs is 1. The minimum atomic E-state index is -2.81. The van der Waals surface area contributed by atoms with E-state index in [0.717, 1.165) is 31.0 Å². The fraction of sp³-hybridized carbons (Fsp3) is 0.667. The molecule has 2 heterocycles. The van der Waals surface area contributed by atoms with Crippen LogP contribution in [0.25, 0.3) is 0 Å². The Balaban J connectivity index is 1.36. The smallest absolute Gasteiger partial charge is 0.387 e. The van der Waals surface area contributed by atoms with Gasteiger partial charge in [-0.25, -0.2) is 0 Å². The van der Waals surface area contributed by atoms with Crippen molar-refractivity contribution in [3.8, 4) is 5.75 Å². The molecule has 0 aromatic heterocycles. The maximum absolute atomic E-state index is 12.6. The van der Waals surface area contributed by atoms with E-state index in [9.17, 15) is 13.6 Å². The second-order valence-corrected chi connectivity index (χ2v) is 8.17. The number of alkyl halides is 2. The molecule has 4 nitrogen and oxygen atoms in total. The van der Waals surface area contributed by atoms with E-state index in [-0.39, 0.29) is 17.7 Å². The largest absolute Gasteiger partial charge is 0.435 e. The quantitative estimate of drug-likeness (QED) is 0.749. The number of hydrogen-bond acceptors (Lipinski definition) is 3. The van der Waals surface area contributed by atoms with E-state index >= 15 is 0 Å². The third-order valence-corrected chi connectivity index (χ3v) is 6.45. The van der Waals surface area contributed by atoms with E-state index in [1.165, 1.54) is 32.1 Å². The second-order valence-electron chi connectivity index (χ2n) is 8.17. The number of amides is 1. The highest BCUT2D eigenvalue weighted by Crippen LogP contribution is 2.35. The Bertz CT molecular complexity index is 646. The van der Waals surface area contributed by atoms with Crippen LogP contribution in [0.3, 0.4) is 0 Å². The predicted octanol–water partition coefficient (Wildman–Crippen LogP) is 4.04. The summed E-state index contributed by atoms with van der Waals surface area (Å²) in [5.74, 6) is 1.16. The first-order chi connectivity index (χ1) is 13.1. The first-order valence-corrected chi connectivity index (χ1v) is 10.2. The Hall–Kier alpha value is -1.69. The zero-order valence-corrected chi connectivity index (χ0v) is 15.7. The zero-order valence-electron chi connectivity index (χ0n) is 15.7. The van der Waals surface area contributed by atoms with Gasteiger partial charge in [-0.3, -0.25) is 9.69 Å². The normalized spacial score (nSPS) is 26.8. The van der Waals surface area contributed by atoms with Gasteiger partial charge in [-0.15, -0.1) is 0 Å². The topological polar surface area (TPSA) is 32.8 Å². The fourth-order valence-corrected chi connectivity index (χ4v) is 5.12. The molecule has 2 aliphatic heterocycles. The van der Waals surface area contributed by atoms with Crippen molar-refractivity contribution in [2.24, 2.45) is 5.92 Å². The molecule has 2 saturated heterocycles. The van der Waals surface area contributed by atoms with Gasteiger partial charge in [-0.05, 0) is 42.9 Å². The number of rotatable bonds is 6. The minimum absolute atomic E-state index is 0.152. The van der Waals surface area contributed by atoms with Crippen LogP contribution < -0.4 is 4.74 Å². The maximum Gasteiger partial charge on any atom is 0.387 e. The van der Waals surface area contributed by atoms with Crippen molar-refractivity contribution >= 4 is 5.91 Å². The molecule has 27 heavy (non-hydrogen) atoms. The van der Waals surface area contributed by atoms with Crippen LogP contribution in [0, 0.1) is 5.92 Å². The lowest BCUT2D eigenvalue weighted by Gasteiger charge is -2.30. The van der Waals surface area contributed by atoms with E-state index in [4.69, 9.17) is 0 Å². The van der Waals surface area contributed by atoms with Crippen LogP contribution in [0.2, 0.25) is 0 Å². The number of benzene rings is 1. The van der Waals surface area contributed by atoms with Crippen molar-refractivity contribution in [3.63, 3.8) is 0 Å². The Morgan fingerprint density at radius 3 is 2.48 bits per heavy atom. The lowest BCUT2D eigenvalue weighted by atomic mass is 9.89. The molecule has 6 heteroatoms. The van der Waals surface area contributed by atoms with Gasteiger partial charge in [0.1, 0.15) is 5.75 Å². The third kappa shape index (κ3) is 4.26. The van der Waals surface area contributed by atoms with E-state index in [1.54, 1.807) is 24.3 Å². The van der Waals surface area contributed by atoms with E-state index in [0.29, 0.717) is 19.0 Å². The van der Waals surface area contributed by atoms with Crippen LogP contribution >= 0.6 is 0 Å². The molecule has 1 amide bonds. The monoisotopic (exact) mass is 378 g/mol. The standard InChI is InChI=1S/C21H28F2N2O2/c22-21(23)27-17-8-6-16(7-9-17)14-25-18-10-11-24(19(18)12-20(25)26)13-15-4-2-1-3-5-15/h6-9,15,18-19,21H,1-5,10-14H2/t18-,19-/m0/s1. The highest BCUT2D eigenvalue weighted by Gasteiger charge is 2.46. The lowest BCUT2D eigenvalue weighted by Crippen LogP contribution is -2.39. The number of likely N-dealkylation sites (tertiary alicyclic amines) is 2. The molecular weight excluding hydrogens is 350 g/mol. The average molecular weight is 378 g/mol. The van der Waals surface area contributed by atoms with Crippen LogP contribution in [0.1, 0.15) is 50.5 Å². The van der Waals surface area contributed by atoms with E-state index in [1.807, 2.05) is 4.90 Å². The van der Waals surface area contributed by atoms with Gasteiger partial charge >= 0.3 is 6.61 Å². The minimum Gasteiger partial charge on any atom is -0.435 e. The summed E-state index contributed by atoms with van der Waals surface area (Å²) in [6.07, 6.45) is 8.39. The summed E-state index contributed by atoms with van der Waals surface area (Å²) in [4.78, 5) is 17.2. The van der Waals surface area contributed by atoms with Gasteiger partial charge in [-0.1, -0.05) is 31.4 Å². The van der Waals surface area contributed by atoms with Gasteiger partial charge in [0.05, 0.1) is 0 Å². The maximum atomic E-state index is 12.6. The molecule has 3 aliphatic rings. The lowest BCUT2D eigenvalue weighted by molar-refractivity contribution is -0.129. The molecule has 3 fully saturated rings. The van der Waals surface area contributed by atoms with Gasteiger partial charge in [0.2, 0.25) is 5.91 Å². The molecular formula is C21H28F2N2O2. The van der Waals surface area contributed by atoms with Crippen LogP contribution in [-0.4, -0.2) is 47.5 Å². The molecule has 2 atom stereocenters. The summed E-state index contributed by atoms with van der Waals surface area (Å²) < 4.78 is 28.9. The van der Waals surface area contributed by atoms with E-state index < -0.39 is 6.61 Å². The van der Waals surface area contributed by atoms with Gasteiger partial charge in [0, 0.05) is 38.1 Å². The molecule has 0 bridgehead atoms. The molecule has 0 radical (unpaired) electrons. The first-order valence-electron chi connectivity index (χ1n) is 10.2. The highest BCUT2D eigenvalue weighted by atomic mass is 19.3. The van der Waals surface area contributed by atoms with Crippen LogP contribution in [0.15, 0.2) is 24.3 Å². The summed E-state index contributed by atoms with van der Waals surface area (Å²) in [7, 11) is 0. The third-order valence-electron chi connectivity index (χ3n) is 6.45. The molecule has 0 N–H and O–H groups in total. The number of nitrogens with zero attached hydrogens (tertiary/aromatic N) is 2. The number of carbonyl (C=O) groups excluding carboxylic acids is 1. The van der Waals surface area contributed by atoms with Crippen molar-refractivity contribution < 1.29 is 18.3 Å². The van der Waals surface area contributed by atoms with Gasteiger partial charge in [0.25, 0.3) is 0 Å². The zero-order chi connectivity index (χ0) is 18.8. The fourth-order valence-electron chi connectivity index (χ4n) is 5.12. The SMILES string of the molecule is O=C1C[C@H]2[C@H](CCN2CC2CCCCC2)N1Cc1ccc(OC(F)F)cc1. The Kier molecular flexibility index (Phi) is 5.62. The number of carbonyl (C=O) groups is 1. The molecule has 1 aromatic rings. The highest BCUT2D eigenvalue weighted by molar-refractivity contribution is 5.80. The van der Waals surface area contributed by atoms with E-state index in [2.05, 4.69) is 9.64 Å². The number of halogens is 2. The Labute approximate surface area is 159 Å². The van der Waals surface area contributed by atoms with Crippen molar-refractivity contribution in [1.29, 1.82) is 0 Å². The second kappa shape index (κ2) is 8.13. The summed E-state index contributed by atoms with van der Waals surface area (Å²) >= 11 is 0. The molecule has 0 spiro atoms. The van der Waals surface area contributed by atoms with Crippen LogP contribution in [-0.2, 0) is 11.3 Å². The van der Waals surface area contributed by atoms with Gasteiger partial charge in [-0.2, -0.15) is 8.78 Å². The Morgan fingerprint density at radius 2 is 1.78 bits per heavy atom. The molecule has 0 unspecified atom stereocenters. The van der Waals surface area contributed by atoms with Gasteiger partial charge in [0.15, 0.2) is 0 Å². The van der Waals surface area contributed by atoms with Crippen molar-refractivity contribution in [2.45, 2.75) is 70.2 Å². The van der Waals surface area contributed by atoms with Crippen molar-refractivity contribution in [2.75, 3.05) is 13.1 Å². The Morgan fingerprint density at radius 1 is 1.04 bits per heavy atom. The number of hydrogen-bond donors (Lipinski definition) is 0. The molecule has 4 rings (SSSR count). The van der Waals surface area contributed by atoms with Crippen molar-refractivity contribution in [3.05, 3.63) is 29.8 Å². The molecule has 1 saturated carbocycles.